The first-order valence-electron chi connectivity index (χ1n) is 9.36. The summed E-state index contributed by atoms with van der Waals surface area (Å²) in [6, 6.07) is 4.31. The lowest BCUT2D eigenvalue weighted by molar-refractivity contribution is 0.362. The molecule has 0 fully saturated rings. The molecule has 3 nitrogen and oxygen atoms in total. The summed E-state index contributed by atoms with van der Waals surface area (Å²) < 4.78 is 5.54. The predicted molar refractivity (Wildman–Crippen MR) is 101 cm³/mol. The van der Waals surface area contributed by atoms with Crippen LogP contribution in [0.15, 0.2) is 30.5 Å². The molecule has 2 N–H and O–H groups in total. The van der Waals surface area contributed by atoms with Gasteiger partial charge in [0.1, 0.15) is 5.75 Å². The van der Waals surface area contributed by atoms with Gasteiger partial charge in [-0.25, -0.2) is 0 Å². The molecule has 1 rings (SSSR count). The minimum atomic E-state index is -0.0615. The third-order valence-electron chi connectivity index (χ3n) is 4.18. The van der Waals surface area contributed by atoms with E-state index in [2.05, 4.69) is 20.4 Å². The molecule has 0 saturated heterocycles. The molecule has 0 amide bonds. The highest BCUT2D eigenvalue weighted by Crippen LogP contribution is 2.31. The molecule has 0 aromatic heterocycles. The lowest BCUT2D eigenvalue weighted by Gasteiger charge is -2.10. The largest absolute Gasteiger partial charge is 0.508 e. The Morgan fingerprint density at radius 3 is 2.12 bits per heavy atom. The van der Waals surface area contributed by atoms with Crippen LogP contribution in [0, 0.1) is 5.92 Å². The third-order valence-corrected chi connectivity index (χ3v) is 4.18. The number of benzene rings is 1. The molecule has 0 radical (unpaired) electrons. The van der Waals surface area contributed by atoms with E-state index in [1.807, 2.05) is 0 Å². The SMILES string of the molecule is C=C(CCCCCCCCCCC(C)C)Oc1ccc(O)cc1O. The van der Waals surface area contributed by atoms with Crippen LogP contribution < -0.4 is 4.74 Å². The first kappa shape index (κ1) is 20.4. The number of aromatic hydroxyl groups is 2. The number of ether oxygens (including phenoxy) is 1. The van der Waals surface area contributed by atoms with Crippen LogP contribution in [0.3, 0.4) is 0 Å². The summed E-state index contributed by atoms with van der Waals surface area (Å²) in [4.78, 5) is 0. The summed E-state index contributed by atoms with van der Waals surface area (Å²) in [5, 5.41) is 18.9. The summed E-state index contributed by atoms with van der Waals surface area (Å²) >= 11 is 0. The highest BCUT2D eigenvalue weighted by Gasteiger charge is 2.05. The smallest absolute Gasteiger partial charge is 0.168 e. The Kier molecular flexibility index (Phi) is 10.1. The topological polar surface area (TPSA) is 49.7 Å². The average molecular weight is 334 g/mol. The van der Waals surface area contributed by atoms with Gasteiger partial charge in [0.25, 0.3) is 0 Å². The number of unbranched alkanes of at least 4 members (excludes halogenated alkanes) is 7. The van der Waals surface area contributed by atoms with E-state index in [4.69, 9.17) is 4.74 Å². The molecule has 3 heteroatoms. The van der Waals surface area contributed by atoms with Crippen LogP contribution in [0.4, 0.5) is 0 Å². The van der Waals surface area contributed by atoms with Crippen LogP contribution >= 0.6 is 0 Å². The lowest BCUT2D eigenvalue weighted by Crippen LogP contribution is -1.94. The minimum Gasteiger partial charge on any atom is -0.508 e. The van der Waals surface area contributed by atoms with E-state index < -0.39 is 0 Å². The highest BCUT2D eigenvalue weighted by molar-refractivity contribution is 5.44. The fourth-order valence-corrected chi connectivity index (χ4v) is 2.73. The molecule has 0 aliphatic rings. The van der Waals surface area contributed by atoms with Crippen molar-refractivity contribution in [1.82, 2.24) is 0 Å². The molecule has 1 aromatic rings. The van der Waals surface area contributed by atoms with Crippen molar-refractivity contribution < 1.29 is 14.9 Å². The van der Waals surface area contributed by atoms with Crippen LogP contribution in [0.1, 0.15) is 78.1 Å². The third kappa shape index (κ3) is 9.49. The molecule has 0 atom stereocenters. The Hall–Kier alpha value is -1.64. The Labute approximate surface area is 147 Å². The van der Waals surface area contributed by atoms with Crippen LogP contribution in [-0.2, 0) is 0 Å². The maximum atomic E-state index is 9.67. The van der Waals surface area contributed by atoms with Gasteiger partial charge in [-0.3, -0.25) is 0 Å². The standard InChI is InChI=1S/C21H34O3/c1-17(2)12-10-8-6-4-5-7-9-11-13-18(3)24-21-15-14-19(22)16-20(21)23/h14-17,22-23H,3-13H2,1-2H3. The second-order valence-corrected chi connectivity index (χ2v) is 7.05. The van der Waals surface area contributed by atoms with Gasteiger partial charge < -0.3 is 14.9 Å². The van der Waals surface area contributed by atoms with Crippen molar-refractivity contribution in [3.8, 4) is 17.2 Å². The van der Waals surface area contributed by atoms with Crippen LogP contribution in [0.5, 0.6) is 17.2 Å². The van der Waals surface area contributed by atoms with Crippen molar-refractivity contribution in [2.75, 3.05) is 0 Å². The molecular formula is C21H34O3. The molecule has 24 heavy (non-hydrogen) atoms. The minimum absolute atomic E-state index is 0.0228. The van der Waals surface area contributed by atoms with Crippen molar-refractivity contribution in [3.05, 3.63) is 30.5 Å². The molecule has 0 bridgehead atoms. The van der Waals surface area contributed by atoms with Gasteiger partial charge in [-0.2, -0.15) is 0 Å². The van der Waals surface area contributed by atoms with E-state index in [0.717, 1.165) is 18.8 Å². The van der Waals surface area contributed by atoms with E-state index in [9.17, 15) is 10.2 Å². The van der Waals surface area contributed by atoms with E-state index in [-0.39, 0.29) is 11.5 Å². The highest BCUT2D eigenvalue weighted by atomic mass is 16.5. The molecule has 0 heterocycles. The maximum Gasteiger partial charge on any atom is 0.168 e. The first-order valence-corrected chi connectivity index (χ1v) is 9.36. The summed E-state index contributed by atoms with van der Waals surface area (Å²) in [6.45, 7) is 8.48. The van der Waals surface area contributed by atoms with Gasteiger partial charge in [0.05, 0.1) is 5.76 Å². The zero-order valence-electron chi connectivity index (χ0n) is 15.4. The summed E-state index contributed by atoms with van der Waals surface area (Å²) in [6.07, 6.45) is 12.4. The van der Waals surface area contributed by atoms with Gasteiger partial charge in [-0.05, 0) is 24.5 Å². The monoisotopic (exact) mass is 334 g/mol. The predicted octanol–water partition coefficient (Wildman–Crippen LogP) is 6.55. The van der Waals surface area contributed by atoms with Gasteiger partial charge in [-0.15, -0.1) is 0 Å². The summed E-state index contributed by atoms with van der Waals surface area (Å²) in [7, 11) is 0. The Morgan fingerprint density at radius 2 is 1.54 bits per heavy atom. The fourth-order valence-electron chi connectivity index (χ4n) is 2.73. The zero-order chi connectivity index (χ0) is 17.8. The molecule has 136 valence electrons. The number of phenols is 2. The van der Waals surface area contributed by atoms with E-state index in [0.29, 0.717) is 11.5 Å². The fraction of sp³-hybridized carbons (Fsp3) is 0.619. The van der Waals surface area contributed by atoms with Gasteiger partial charge in [0, 0.05) is 12.5 Å². The van der Waals surface area contributed by atoms with Crippen molar-refractivity contribution in [1.29, 1.82) is 0 Å². The number of rotatable bonds is 13. The lowest BCUT2D eigenvalue weighted by atomic mass is 10.0. The molecular weight excluding hydrogens is 300 g/mol. The maximum absolute atomic E-state index is 9.67. The summed E-state index contributed by atoms with van der Waals surface area (Å²) in [5.74, 6) is 1.80. The van der Waals surface area contributed by atoms with Gasteiger partial charge in [0.15, 0.2) is 11.5 Å². The number of phenolic OH excluding ortho intramolecular Hbond substituents is 2. The molecule has 0 aliphatic heterocycles. The van der Waals surface area contributed by atoms with Gasteiger partial charge >= 0.3 is 0 Å². The van der Waals surface area contributed by atoms with Crippen molar-refractivity contribution in [2.45, 2.75) is 78.1 Å². The summed E-state index contributed by atoms with van der Waals surface area (Å²) in [5.41, 5.74) is 0. The quantitative estimate of drug-likeness (QED) is 0.318. The number of allylic oxidation sites excluding steroid dienone is 1. The van der Waals surface area contributed by atoms with Crippen LogP contribution in [0.2, 0.25) is 0 Å². The Balaban J connectivity index is 2.00. The molecule has 0 aliphatic carbocycles. The van der Waals surface area contributed by atoms with Crippen molar-refractivity contribution in [2.24, 2.45) is 5.92 Å². The molecule has 0 saturated carbocycles. The number of hydrogen-bond donors (Lipinski definition) is 2. The molecule has 0 spiro atoms. The number of hydrogen-bond acceptors (Lipinski definition) is 3. The molecule has 1 aromatic carbocycles. The van der Waals surface area contributed by atoms with E-state index in [1.165, 1.54) is 63.5 Å². The Bertz CT molecular complexity index is 480. The molecule has 0 unspecified atom stereocenters. The normalized spacial score (nSPS) is 11.0. The van der Waals surface area contributed by atoms with Crippen LogP contribution in [-0.4, -0.2) is 10.2 Å². The van der Waals surface area contributed by atoms with Crippen molar-refractivity contribution >= 4 is 0 Å². The van der Waals surface area contributed by atoms with Crippen LogP contribution in [0.25, 0.3) is 0 Å². The Morgan fingerprint density at radius 1 is 0.958 bits per heavy atom. The zero-order valence-corrected chi connectivity index (χ0v) is 15.4. The average Bonchev–Trinajstić information content (AvgIpc) is 2.51. The van der Waals surface area contributed by atoms with Gasteiger partial charge in [-0.1, -0.05) is 71.8 Å². The van der Waals surface area contributed by atoms with Gasteiger partial charge in [0.2, 0.25) is 0 Å². The van der Waals surface area contributed by atoms with E-state index >= 15 is 0 Å². The van der Waals surface area contributed by atoms with Crippen molar-refractivity contribution in [3.63, 3.8) is 0 Å². The van der Waals surface area contributed by atoms with E-state index in [1.54, 1.807) is 6.07 Å². The first-order chi connectivity index (χ1) is 11.5. The second kappa shape index (κ2) is 11.8. The second-order valence-electron chi connectivity index (χ2n) is 7.05.